The fraction of sp³-hybridized carbons (Fsp3) is 0.500. The van der Waals surface area contributed by atoms with E-state index in [9.17, 15) is 4.79 Å². The van der Waals surface area contributed by atoms with Crippen LogP contribution in [0.3, 0.4) is 0 Å². The number of carboxylic acid groups (broad SMARTS) is 1. The Morgan fingerprint density at radius 3 is 2.52 bits per heavy atom. The SMILES string of the molecule is CCc1ccc(C(C)(C)CCC(C)C)cc1-c1cccc(N2CC(C(=O)O)C2)c1. The summed E-state index contributed by atoms with van der Waals surface area (Å²) in [6.45, 7) is 12.7. The van der Waals surface area contributed by atoms with Crippen LogP contribution in [0.4, 0.5) is 5.69 Å². The first-order valence-electron chi connectivity index (χ1n) is 10.9. The Kier molecular flexibility index (Phi) is 6.36. The molecule has 156 valence electrons. The number of aryl methyl sites for hydroxylation is 1. The third-order valence-corrected chi connectivity index (χ3v) is 6.37. The smallest absolute Gasteiger partial charge is 0.310 e. The molecule has 0 bridgehead atoms. The number of hydrogen-bond donors (Lipinski definition) is 1. The molecule has 3 nitrogen and oxygen atoms in total. The standard InChI is InChI=1S/C26H35NO2/c1-6-19-10-11-22(26(4,5)13-12-18(2)3)15-24(19)20-8-7-9-23(14-20)27-16-21(17-27)25(28)29/h7-11,14-15,18,21H,6,12-13,16-17H2,1-5H3,(H,28,29). The second-order valence-corrected chi connectivity index (χ2v) is 9.53. The lowest BCUT2D eigenvalue weighted by Gasteiger charge is -2.38. The molecule has 0 radical (unpaired) electrons. The molecule has 0 aliphatic carbocycles. The summed E-state index contributed by atoms with van der Waals surface area (Å²) in [6, 6.07) is 15.6. The molecule has 0 aromatic heterocycles. The van der Waals surface area contributed by atoms with Gasteiger partial charge in [0.15, 0.2) is 0 Å². The van der Waals surface area contributed by atoms with Crippen molar-refractivity contribution in [1.29, 1.82) is 0 Å². The van der Waals surface area contributed by atoms with E-state index in [0.717, 1.165) is 12.1 Å². The molecule has 1 aliphatic rings. The molecular weight excluding hydrogens is 358 g/mol. The van der Waals surface area contributed by atoms with Crippen molar-refractivity contribution in [3.8, 4) is 11.1 Å². The van der Waals surface area contributed by atoms with E-state index in [1.54, 1.807) is 0 Å². The quantitative estimate of drug-likeness (QED) is 0.585. The lowest BCUT2D eigenvalue weighted by atomic mass is 9.77. The molecule has 1 aliphatic heterocycles. The Labute approximate surface area is 175 Å². The predicted molar refractivity (Wildman–Crippen MR) is 122 cm³/mol. The van der Waals surface area contributed by atoms with Crippen LogP contribution in [-0.2, 0) is 16.6 Å². The maximum atomic E-state index is 11.1. The summed E-state index contributed by atoms with van der Waals surface area (Å²) in [5.41, 5.74) is 6.55. The highest BCUT2D eigenvalue weighted by molar-refractivity contribution is 5.76. The number of rotatable bonds is 8. The fourth-order valence-electron chi connectivity index (χ4n) is 4.08. The van der Waals surface area contributed by atoms with Crippen molar-refractivity contribution in [3.63, 3.8) is 0 Å². The number of carbonyl (C=O) groups is 1. The summed E-state index contributed by atoms with van der Waals surface area (Å²) in [4.78, 5) is 13.3. The zero-order valence-corrected chi connectivity index (χ0v) is 18.5. The van der Waals surface area contributed by atoms with Crippen LogP contribution in [0.5, 0.6) is 0 Å². The van der Waals surface area contributed by atoms with Gasteiger partial charge in [-0.15, -0.1) is 0 Å². The van der Waals surface area contributed by atoms with Crippen molar-refractivity contribution in [1.82, 2.24) is 0 Å². The van der Waals surface area contributed by atoms with Crippen LogP contribution in [0.25, 0.3) is 11.1 Å². The van der Waals surface area contributed by atoms with E-state index in [1.807, 2.05) is 0 Å². The van der Waals surface area contributed by atoms with Gasteiger partial charge in [0, 0.05) is 18.8 Å². The molecule has 2 aromatic carbocycles. The second kappa shape index (κ2) is 8.61. The van der Waals surface area contributed by atoms with Gasteiger partial charge < -0.3 is 10.0 Å². The predicted octanol–water partition coefficient (Wildman–Crippen LogP) is 6.15. The van der Waals surface area contributed by atoms with Crippen LogP contribution in [0.2, 0.25) is 0 Å². The number of nitrogens with zero attached hydrogens (tertiary/aromatic N) is 1. The van der Waals surface area contributed by atoms with Gasteiger partial charge in [-0.1, -0.05) is 71.4 Å². The van der Waals surface area contributed by atoms with Gasteiger partial charge in [0.1, 0.15) is 0 Å². The first-order valence-corrected chi connectivity index (χ1v) is 10.9. The van der Waals surface area contributed by atoms with Gasteiger partial charge in [0.2, 0.25) is 0 Å². The maximum Gasteiger partial charge on any atom is 0.310 e. The van der Waals surface area contributed by atoms with E-state index in [2.05, 4.69) is 82.0 Å². The summed E-state index contributed by atoms with van der Waals surface area (Å²) in [5, 5.41) is 9.16. The molecule has 3 heteroatoms. The number of benzene rings is 2. The maximum absolute atomic E-state index is 11.1. The Morgan fingerprint density at radius 1 is 1.17 bits per heavy atom. The van der Waals surface area contributed by atoms with Crippen LogP contribution in [-0.4, -0.2) is 24.2 Å². The molecule has 2 aromatic rings. The Balaban J connectivity index is 1.90. The zero-order valence-electron chi connectivity index (χ0n) is 18.5. The van der Waals surface area contributed by atoms with Crippen LogP contribution in [0.1, 0.15) is 58.6 Å². The monoisotopic (exact) mass is 393 g/mol. The van der Waals surface area contributed by atoms with Crippen molar-refractivity contribution in [2.24, 2.45) is 11.8 Å². The molecule has 29 heavy (non-hydrogen) atoms. The van der Waals surface area contributed by atoms with Crippen LogP contribution < -0.4 is 4.90 Å². The first kappa shape index (κ1) is 21.4. The van der Waals surface area contributed by atoms with E-state index in [-0.39, 0.29) is 11.3 Å². The zero-order chi connectivity index (χ0) is 21.2. The van der Waals surface area contributed by atoms with E-state index in [4.69, 9.17) is 5.11 Å². The average molecular weight is 394 g/mol. The third-order valence-electron chi connectivity index (χ3n) is 6.37. The summed E-state index contributed by atoms with van der Waals surface area (Å²) in [5.74, 6) is -0.219. The van der Waals surface area contributed by atoms with Crippen molar-refractivity contribution in [2.75, 3.05) is 18.0 Å². The normalized spacial score (nSPS) is 14.9. The molecule has 1 N–H and O–H groups in total. The Hall–Kier alpha value is -2.29. The van der Waals surface area contributed by atoms with E-state index < -0.39 is 5.97 Å². The molecule has 1 heterocycles. The third kappa shape index (κ3) is 4.83. The minimum atomic E-state index is -0.693. The van der Waals surface area contributed by atoms with Crippen molar-refractivity contribution in [2.45, 2.75) is 59.3 Å². The molecule has 0 unspecified atom stereocenters. The van der Waals surface area contributed by atoms with E-state index in [1.165, 1.54) is 35.1 Å². The van der Waals surface area contributed by atoms with Gasteiger partial charge in [0.05, 0.1) is 5.92 Å². The van der Waals surface area contributed by atoms with Gasteiger partial charge in [-0.2, -0.15) is 0 Å². The lowest BCUT2D eigenvalue weighted by Crippen LogP contribution is -2.50. The highest BCUT2D eigenvalue weighted by atomic mass is 16.4. The molecule has 0 spiro atoms. The molecule has 0 saturated carbocycles. The number of hydrogen-bond acceptors (Lipinski definition) is 2. The fourth-order valence-corrected chi connectivity index (χ4v) is 4.08. The minimum absolute atomic E-state index is 0.148. The summed E-state index contributed by atoms with van der Waals surface area (Å²) in [6.07, 6.45) is 3.41. The summed E-state index contributed by atoms with van der Waals surface area (Å²) in [7, 11) is 0. The largest absolute Gasteiger partial charge is 0.481 e. The van der Waals surface area contributed by atoms with Gasteiger partial charge in [-0.25, -0.2) is 0 Å². The highest BCUT2D eigenvalue weighted by Crippen LogP contribution is 2.36. The van der Waals surface area contributed by atoms with Crippen molar-refractivity contribution >= 4 is 11.7 Å². The van der Waals surface area contributed by atoms with Gasteiger partial charge in [-0.05, 0) is 58.6 Å². The first-order chi connectivity index (χ1) is 13.7. The second-order valence-electron chi connectivity index (χ2n) is 9.53. The van der Waals surface area contributed by atoms with Crippen molar-refractivity contribution in [3.05, 3.63) is 53.6 Å². The van der Waals surface area contributed by atoms with Gasteiger partial charge in [0.25, 0.3) is 0 Å². The van der Waals surface area contributed by atoms with Gasteiger partial charge >= 0.3 is 5.97 Å². The molecular formula is C26H35NO2. The van der Waals surface area contributed by atoms with Crippen molar-refractivity contribution < 1.29 is 9.90 Å². The lowest BCUT2D eigenvalue weighted by molar-refractivity contribution is -0.142. The summed E-state index contributed by atoms with van der Waals surface area (Å²) >= 11 is 0. The van der Waals surface area contributed by atoms with Crippen LogP contribution >= 0.6 is 0 Å². The molecule has 1 fully saturated rings. The Morgan fingerprint density at radius 2 is 1.90 bits per heavy atom. The summed E-state index contributed by atoms with van der Waals surface area (Å²) < 4.78 is 0. The highest BCUT2D eigenvalue weighted by Gasteiger charge is 2.32. The van der Waals surface area contributed by atoms with Crippen LogP contribution in [0, 0.1) is 11.8 Å². The Bertz CT molecular complexity index is 863. The number of carboxylic acids is 1. The molecule has 1 saturated heterocycles. The number of aliphatic carboxylic acids is 1. The number of anilines is 1. The molecule has 3 rings (SSSR count). The molecule has 0 atom stereocenters. The van der Waals surface area contributed by atoms with E-state index >= 15 is 0 Å². The van der Waals surface area contributed by atoms with Gasteiger partial charge in [-0.3, -0.25) is 4.79 Å². The minimum Gasteiger partial charge on any atom is -0.481 e. The average Bonchev–Trinajstić information content (AvgIpc) is 2.64. The van der Waals surface area contributed by atoms with E-state index in [0.29, 0.717) is 19.0 Å². The topological polar surface area (TPSA) is 40.5 Å². The molecule has 0 amide bonds. The van der Waals surface area contributed by atoms with Crippen LogP contribution in [0.15, 0.2) is 42.5 Å².